The third kappa shape index (κ3) is 4.78. The second kappa shape index (κ2) is 9.09. The zero-order chi connectivity index (χ0) is 22.5. The van der Waals surface area contributed by atoms with Gasteiger partial charge < -0.3 is 25.4 Å². The van der Waals surface area contributed by atoms with Gasteiger partial charge >= 0.3 is 6.03 Å². The lowest BCUT2D eigenvalue weighted by atomic mass is 10.1. The summed E-state index contributed by atoms with van der Waals surface area (Å²) in [6.45, 7) is 0. The van der Waals surface area contributed by atoms with E-state index in [0.717, 1.165) is 5.39 Å². The van der Waals surface area contributed by atoms with Crippen molar-refractivity contribution in [1.29, 1.82) is 0 Å². The minimum atomic E-state index is -0.604. The lowest BCUT2D eigenvalue weighted by molar-refractivity contribution is 0.189. The minimum absolute atomic E-state index is 0.389. The van der Waals surface area contributed by atoms with E-state index in [1.54, 1.807) is 55.8 Å². The van der Waals surface area contributed by atoms with Crippen LogP contribution < -0.4 is 30.8 Å². The average Bonchev–Trinajstić information content (AvgIpc) is 2.80. The van der Waals surface area contributed by atoms with Crippen LogP contribution in [-0.2, 0) is 0 Å². The molecule has 3 aromatic carbocycles. The summed E-state index contributed by atoms with van der Waals surface area (Å²) in [5.74, 6) is 1.67. The number of pyridine rings is 1. The Morgan fingerprint density at radius 2 is 1.69 bits per heavy atom. The lowest BCUT2D eigenvalue weighted by Gasteiger charge is -2.12. The molecule has 1 heterocycles. The summed E-state index contributed by atoms with van der Waals surface area (Å²) in [5.41, 5.74) is 9.86. The van der Waals surface area contributed by atoms with E-state index in [1.165, 1.54) is 24.3 Å². The quantitative estimate of drug-likeness (QED) is 0.295. The van der Waals surface area contributed by atoms with Crippen molar-refractivity contribution in [2.45, 2.75) is 0 Å². The Hall–Kier alpha value is -4.53. The van der Waals surface area contributed by atoms with Crippen LogP contribution in [-0.4, -0.2) is 18.1 Å². The number of rotatable bonds is 6. The molecule has 2 amide bonds. The highest BCUT2D eigenvalue weighted by Gasteiger charge is 2.10. The molecule has 8 nitrogen and oxygen atoms in total. The van der Waals surface area contributed by atoms with Crippen molar-refractivity contribution >= 4 is 28.3 Å². The number of aromatic nitrogens is 1. The van der Waals surface area contributed by atoms with Gasteiger partial charge in [-0.25, -0.2) is 9.18 Å². The summed E-state index contributed by atoms with van der Waals surface area (Å²) in [5, 5.41) is 3.26. The van der Waals surface area contributed by atoms with Crippen LogP contribution in [0.4, 0.5) is 20.6 Å². The number of nitrogens with two attached hydrogens (primary N) is 1. The fourth-order valence-corrected chi connectivity index (χ4v) is 2.93. The van der Waals surface area contributed by atoms with Gasteiger partial charge in [0.05, 0.1) is 18.3 Å². The number of halogens is 1. The maximum atomic E-state index is 12.9. The monoisotopic (exact) mass is 434 g/mol. The average molecular weight is 434 g/mol. The Kier molecular flexibility index (Phi) is 5.89. The Morgan fingerprint density at radius 3 is 2.41 bits per heavy atom. The van der Waals surface area contributed by atoms with Gasteiger partial charge in [0.2, 0.25) is 0 Å². The van der Waals surface area contributed by atoms with Crippen LogP contribution in [0.15, 0.2) is 72.9 Å². The van der Waals surface area contributed by atoms with Gasteiger partial charge in [-0.1, -0.05) is 0 Å². The Labute approximate surface area is 182 Å². The zero-order valence-corrected chi connectivity index (χ0v) is 17.0. The molecule has 0 spiro atoms. The van der Waals surface area contributed by atoms with Gasteiger partial charge in [-0.15, -0.1) is 0 Å². The molecule has 162 valence electrons. The molecule has 0 unspecified atom stereocenters. The number of anilines is 2. The summed E-state index contributed by atoms with van der Waals surface area (Å²) in [6.07, 6.45) is 1.63. The van der Waals surface area contributed by atoms with Crippen LogP contribution in [0, 0.1) is 5.82 Å². The van der Waals surface area contributed by atoms with Crippen LogP contribution in [0.25, 0.3) is 10.9 Å². The third-order valence-corrected chi connectivity index (χ3v) is 4.47. The molecular formula is C23H19FN4O4. The van der Waals surface area contributed by atoms with Crippen molar-refractivity contribution in [2.75, 3.05) is 18.2 Å². The number of benzene rings is 3. The number of nitrogen functional groups attached to an aromatic ring is 1. The number of hydroxylamine groups is 1. The highest BCUT2D eigenvalue weighted by molar-refractivity contribution is 5.90. The SMILES string of the molecule is COc1cc2nccc(Oc3ccc(ONC(=O)Nc4ccc(F)cc4)cc3)c2cc1N. The molecule has 0 saturated heterocycles. The smallest absolute Gasteiger partial charge is 0.352 e. The lowest BCUT2D eigenvalue weighted by Crippen LogP contribution is -2.31. The molecule has 0 aliphatic carbocycles. The molecule has 4 aromatic rings. The first-order chi connectivity index (χ1) is 15.5. The molecule has 4 N–H and O–H groups in total. The van der Waals surface area contributed by atoms with Gasteiger partial charge in [-0.2, -0.15) is 5.48 Å². The van der Waals surface area contributed by atoms with Gasteiger partial charge in [0.1, 0.15) is 23.1 Å². The van der Waals surface area contributed by atoms with Crippen molar-refractivity contribution < 1.29 is 23.5 Å². The fraction of sp³-hybridized carbons (Fsp3) is 0.0435. The Morgan fingerprint density at radius 1 is 0.969 bits per heavy atom. The molecule has 0 atom stereocenters. The first kappa shape index (κ1) is 20.7. The van der Waals surface area contributed by atoms with E-state index in [1.807, 2.05) is 0 Å². The van der Waals surface area contributed by atoms with Crippen LogP contribution >= 0.6 is 0 Å². The number of methoxy groups -OCH3 is 1. The summed E-state index contributed by atoms with van der Waals surface area (Å²) in [7, 11) is 1.54. The number of ether oxygens (including phenoxy) is 2. The highest BCUT2D eigenvalue weighted by Crippen LogP contribution is 2.34. The number of urea groups is 1. The third-order valence-electron chi connectivity index (χ3n) is 4.47. The van der Waals surface area contributed by atoms with Crippen LogP contribution in [0.5, 0.6) is 23.0 Å². The predicted octanol–water partition coefficient (Wildman–Crippen LogP) is 4.87. The number of fused-ring (bicyclic) bond motifs is 1. The zero-order valence-electron chi connectivity index (χ0n) is 17.0. The molecule has 0 radical (unpaired) electrons. The molecule has 0 saturated carbocycles. The van der Waals surface area contributed by atoms with Gasteiger partial charge in [0.15, 0.2) is 5.75 Å². The summed E-state index contributed by atoms with van der Waals surface area (Å²) >= 11 is 0. The van der Waals surface area contributed by atoms with Crippen molar-refractivity contribution in [1.82, 2.24) is 10.5 Å². The molecule has 0 fully saturated rings. The van der Waals surface area contributed by atoms with E-state index in [0.29, 0.717) is 39.9 Å². The topological polar surface area (TPSA) is 108 Å². The number of hydrogen-bond acceptors (Lipinski definition) is 6. The van der Waals surface area contributed by atoms with Crippen molar-refractivity contribution in [3.63, 3.8) is 0 Å². The van der Waals surface area contributed by atoms with Crippen molar-refractivity contribution in [3.8, 4) is 23.0 Å². The normalized spacial score (nSPS) is 10.4. The van der Waals surface area contributed by atoms with Crippen LogP contribution in [0.3, 0.4) is 0 Å². The second-order valence-electron chi connectivity index (χ2n) is 6.66. The van der Waals surface area contributed by atoms with E-state index in [-0.39, 0.29) is 0 Å². The standard InChI is InChI=1S/C23H19FN4O4/c1-30-22-13-20-18(12-19(22)25)21(10-11-26-20)31-16-6-8-17(9-7-16)32-28-23(29)27-15-4-2-14(24)3-5-15/h2-13H,25H2,1H3,(H2,27,28,29). The summed E-state index contributed by atoms with van der Waals surface area (Å²) in [6, 6.07) is 16.6. The van der Waals surface area contributed by atoms with Crippen molar-refractivity contribution in [2.24, 2.45) is 0 Å². The molecule has 32 heavy (non-hydrogen) atoms. The van der Waals surface area contributed by atoms with Gasteiger partial charge in [0, 0.05) is 23.3 Å². The fourth-order valence-electron chi connectivity index (χ4n) is 2.93. The maximum Gasteiger partial charge on any atom is 0.352 e. The summed E-state index contributed by atoms with van der Waals surface area (Å²) in [4.78, 5) is 21.5. The van der Waals surface area contributed by atoms with E-state index in [2.05, 4.69) is 15.8 Å². The number of amides is 2. The first-order valence-electron chi connectivity index (χ1n) is 9.51. The van der Waals surface area contributed by atoms with E-state index < -0.39 is 11.8 Å². The molecule has 9 heteroatoms. The Bertz CT molecular complexity index is 1250. The second-order valence-corrected chi connectivity index (χ2v) is 6.66. The first-order valence-corrected chi connectivity index (χ1v) is 9.51. The van der Waals surface area contributed by atoms with Gasteiger partial charge in [-0.05, 0) is 60.7 Å². The molecular weight excluding hydrogens is 415 g/mol. The van der Waals surface area contributed by atoms with Crippen molar-refractivity contribution in [3.05, 3.63) is 78.7 Å². The van der Waals surface area contributed by atoms with Gasteiger partial charge in [0.25, 0.3) is 0 Å². The molecule has 1 aromatic heterocycles. The Balaban J connectivity index is 1.39. The van der Waals surface area contributed by atoms with E-state index in [9.17, 15) is 9.18 Å². The number of nitrogens with one attached hydrogen (secondary N) is 2. The minimum Gasteiger partial charge on any atom is -0.495 e. The molecule has 0 aliphatic heterocycles. The number of carbonyl (C=O) groups is 1. The van der Waals surface area contributed by atoms with Gasteiger partial charge in [-0.3, -0.25) is 4.98 Å². The number of carbonyl (C=O) groups excluding carboxylic acids is 1. The largest absolute Gasteiger partial charge is 0.495 e. The molecule has 0 bridgehead atoms. The van der Waals surface area contributed by atoms with E-state index >= 15 is 0 Å². The number of nitrogens with zero attached hydrogens (tertiary/aromatic N) is 1. The van der Waals surface area contributed by atoms with Crippen LogP contribution in [0.2, 0.25) is 0 Å². The van der Waals surface area contributed by atoms with Crippen LogP contribution in [0.1, 0.15) is 0 Å². The van der Waals surface area contributed by atoms with E-state index in [4.69, 9.17) is 20.0 Å². The number of hydrogen-bond donors (Lipinski definition) is 3. The molecule has 0 aliphatic rings. The summed E-state index contributed by atoms with van der Waals surface area (Å²) < 4.78 is 24.1. The predicted molar refractivity (Wildman–Crippen MR) is 118 cm³/mol. The maximum absolute atomic E-state index is 12.9. The highest BCUT2D eigenvalue weighted by atomic mass is 19.1. The molecule has 4 rings (SSSR count).